The number of aromatic nitrogens is 2. The summed E-state index contributed by atoms with van der Waals surface area (Å²) >= 11 is 0. The Labute approximate surface area is 121 Å². The molecule has 0 spiro atoms. The molecular formula is C15H16FN3O2. The van der Waals surface area contributed by atoms with Crippen LogP contribution in [0.25, 0.3) is 0 Å². The van der Waals surface area contributed by atoms with Gasteiger partial charge < -0.3 is 0 Å². The SMILES string of the molecule is CON(C)C(=O)c1cc2n(n1)[C@H](c1ccccc1)C[C@@H]2F. The van der Waals surface area contributed by atoms with Crippen LogP contribution in [0.4, 0.5) is 4.39 Å². The van der Waals surface area contributed by atoms with Crippen molar-refractivity contribution in [2.24, 2.45) is 0 Å². The van der Waals surface area contributed by atoms with Gasteiger partial charge in [-0.2, -0.15) is 5.10 Å². The summed E-state index contributed by atoms with van der Waals surface area (Å²) in [7, 11) is 2.89. The second-order valence-electron chi connectivity index (χ2n) is 5.01. The maximum atomic E-state index is 14.2. The largest absolute Gasteiger partial charge is 0.297 e. The minimum absolute atomic E-state index is 0.175. The smallest absolute Gasteiger partial charge is 0.274 e. The van der Waals surface area contributed by atoms with Gasteiger partial charge in [-0.1, -0.05) is 30.3 Å². The van der Waals surface area contributed by atoms with Crippen LogP contribution in [-0.2, 0) is 4.84 Å². The number of alkyl halides is 1. The summed E-state index contributed by atoms with van der Waals surface area (Å²) in [5, 5.41) is 5.35. The van der Waals surface area contributed by atoms with E-state index in [9.17, 15) is 9.18 Å². The molecule has 0 fully saturated rings. The molecule has 0 N–H and O–H groups in total. The Morgan fingerprint density at radius 1 is 1.43 bits per heavy atom. The first-order valence-corrected chi connectivity index (χ1v) is 6.72. The number of halogens is 1. The van der Waals surface area contributed by atoms with Gasteiger partial charge in [0, 0.05) is 13.5 Å². The van der Waals surface area contributed by atoms with Crippen LogP contribution >= 0.6 is 0 Å². The molecule has 1 aromatic heterocycles. The van der Waals surface area contributed by atoms with Gasteiger partial charge in [0.1, 0.15) is 6.17 Å². The molecule has 0 unspecified atom stereocenters. The molecule has 1 aliphatic heterocycles. The van der Waals surface area contributed by atoms with Crippen LogP contribution in [0.2, 0.25) is 0 Å². The third-order valence-electron chi connectivity index (χ3n) is 3.77. The molecule has 0 aliphatic carbocycles. The highest BCUT2D eigenvalue weighted by Gasteiger charge is 2.35. The molecule has 2 heterocycles. The number of fused-ring (bicyclic) bond motifs is 1. The molecule has 2 atom stereocenters. The summed E-state index contributed by atoms with van der Waals surface area (Å²) in [6.07, 6.45) is -0.766. The third kappa shape index (κ3) is 2.31. The van der Waals surface area contributed by atoms with Crippen molar-refractivity contribution in [1.82, 2.24) is 14.8 Å². The van der Waals surface area contributed by atoms with E-state index >= 15 is 0 Å². The van der Waals surface area contributed by atoms with Gasteiger partial charge in [-0.15, -0.1) is 0 Å². The molecule has 2 aromatic rings. The zero-order chi connectivity index (χ0) is 15.0. The van der Waals surface area contributed by atoms with E-state index < -0.39 is 12.1 Å². The number of rotatable bonds is 3. The summed E-state index contributed by atoms with van der Waals surface area (Å²) in [4.78, 5) is 16.9. The maximum Gasteiger partial charge on any atom is 0.297 e. The first-order valence-electron chi connectivity index (χ1n) is 6.72. The molecule has 5 nitrogen and oxygen atoms in total. The molecule has 0 saturated carbocycles. The number of benzene rings is 1. The molecule has 3 rings (SSSR count). The van der Waals surface area contributed by atoms with E-state index in [1.807, 2.05) is 30.3 Å². The monoisotopic (exact) mass is 289 g/mol. The Morgan fingerprint density at radius 3 is 2.81 bits per heavy atom. The van der Waals surface area contributed by atoms with Crippen LogP contribution in [-0.4, -0.2) is 34.9 Å². The molecule has 110 valence electrons. The van der Waals surface area contributed by atoms with E-state index in [1.165, 1.54) is 20.2 Å². The maximum absolute atomic E-state index is 14.2. The standard InChI is InChI=1S/C15H16FN3O2/c1-18(21-2)15(20)12-9-14-11(16)8-13(19(14)17-12)10-6-4-3-5-7-10/h3-7,9,11,13H,8H2,1-2H3/t11-,13-/m0/s1. The second-order valence-corrected chi connectivity index (χ2v) is 5.01. The molecular weight excluding hydrogens is 273 g/mol. The lowest BCUT2D eigenvalue weighted by Crippen LogP contribution is -2.26. The number of hydroxylamine groups is 2. The lowest BCUT2D eigenvalue weighted by Gasteiger charge is -2.13. The van der Waals surface area contributed by atoms with Crippen molar-refractivity contribution >= 4 is 5.91 Å². The molecule has 0 bridgehead atoms. The normalized spacial score (nSPS) is 20.3. The van der Waals surface area contributed by atoms with Gasteiger partial charge in [-0.05, 0) is 11.6 Å². The number of nitrogens with zero attached hydrogens (tertiary/aromatic N) is 3. The number of hydrogen-bond acceptors (Lipinski definition) is 3. The van der Waals surface area contributed by atoms with Gasteiger partial charge in [0.05, 0.1) is 18.8 Å². The number of carbonyl (C=O) groups is 1. The average molecular weight is 289 g/mol. The van der Waals surface area contributed by atoms with Gasteiger partial charge in [0.15, 0.2) is 5.69 Å². The van der Waals surface area contributed by atoms with Crippen LogP contribution in [0.5, 0.6) is 0 Å². The highest BCUT2D eigenvalue weighted by atomic mass is 19.1. The number of amides is 1. The van der Waals surface area contributed by atoms with Crippen LogP contribution < -0.4 is 0 Å². The zero-order valence-electron chi connectivity index (χ0n) is 11.9. The van der Waals surface area contributed by atoms with Crippen LogP contribution in [0.1, 0.15) is 40.4 Å². The van der Waals surface area contributed by atoms with Crippen molar-refractivity contribution in [2.45, 2.75) is 18.6 Å². The van der Waals surface area contributed by atoms with Crippen molar-refractivity contribution in [2.75, 3.05) is 14.2 Å². The molecule has 21 heavy (non-hydrogen) atoms. The van der Waals surface area contributed by atoms with Crippen molar-refractivity contribution in [3.63, 3.8) is 0 Å². The minimum atomic E-state index is -1.11. The Bertz CT molecular complexity index is 656. The van der Waals surface area contributed by atoms with Gasteiger partial charge in [0.25, 0.3) is 5.91 Å². The van der Waals surface area contributed by atoms with E-state index in [0.29, 0.717) is 12.1 Å². The fraction of sp³-hybridized carbons (Fsp3) is 0.333. The zero-order valence-corrected chi connectivity index (χ0v) is 11.9. The molecule has 0 saturated heterocycles. The average Bonchev–Trinajstić information content (AvgIpc) is 3.07. The highest BCUT2D eigenvalue weighted by Crippen LogP contribution is 2.40. The quantitative estimate of drug-likeness (QED) is 0.816. The fourth-order valence-corrected chi connectivity index (χ4v) is 2.61. The second kappa shape index (κ2) is 5.29. The number of hydrogen-bond donors (Lipinski definition) is 0. The van der Waals surface area contributed by atoms with Crippen molar-refractivity contribution in [3.8, 4) is 0 Å². The lowest BCUT2D eigenvalue weighted by atomic mass is 10.0. The Morgan fingerprint density at radius 2 is 2.14 bits per heavy atom. The van der Waals surface area contributed by atoms with Crippen molar-refractivity contribution in [3.05, 3.63) is 53.3 Å². The molecule has 6 heteroatoms. The molecule has 1 aromatic carbocycles. The highest BCUT2D eigenvalue weighted by molar-refractivity contribution is 5.91. The van der Waals surface area contributed by atoms with E-state index in [-0.39, 0.29) is 11.7 Å². The summed E-state index contributed by atoms with van der Waals surface area (Å²) in [5.74, 6) is -0.390. The predicted molar refractivity (Wildman–Crippen MR) is 74.4 cm³/mol. The lowest BCUT2D eigenvalue weighted by molar-refractivity contribution is -0.0761. The molecule has 0 radical (unpaired) electrons. The number of carbonyl (C=O) groups excluding carboxylic acids is 1. The van der Waals surface area contributed by atoms with E-state index in [0.717, 1.165) is 10.6 Å². The van der Waals surface area contributed by atoms with E-state index in [2.05, 4.69) is 5.10 Å². The van der Waals surface area contributed by atoms with Gasteiger partial charge >= 0.3 is 0 Å². The van der Waals surface area contributed by atoms with Crippen LogP contribution in [0.3, 0.4) is 0 Å². The van der Waals surface area contributed by atoms with Gasteiger partial charge in [-0.3, -0.25) is 14.3 Å². The summed E-state index contributed by atoms with van der Waals surface area (Å²) in [5.41, 5.74) is 1.62. The Kier molecular flexibility index (Phi) is 3.47. The summed E-state index contributed by atoms with van der Waals surface area (Å²) < 4.78 is 15.8. The molecule has 1 aliphatic rings. The van der Waals surface area contributed by atoms with Crippen molar-refractivity contribution < 1.29 is 14.0 Å². The summed E-state index contributed by atoms with van der Waals surface area (Å²) in [6.45, 7) is 0. The predicted octanol–water partition coefficient (Wildman–Crippen LogP) is 2.52. The van der Waals surface area contributed by atoms with E-state index in [4.69, 9.17) is 4.84 Å². The Hall–Kier alpha value is -2.21. The minimum Gasteiger partial charge on any atom is -0.274 e. The Balaban J connectivity index is 1.96. The van der Waals surface area contributed by atoms with E-state index in [1.54, 1.807) is 4.68 Å². The third-order valence-corrected chi connectivity index (χ3v) is 3.77. The van der Waals surface area contributed by atoms with Crippen LogP contribution in [0.15, 0.2) is 36.4 Å². The fourth-order valence-electron chi connectivity index (χ4n) is 2.61. The van der Waals surface area contributed by atoms with Crippen molar-refractivity contribution in [1.29, 1.82) is 0 Å². The van der Waals surface area contributed by atoms with Gasteiger partial charge in [-0.25, -0.2) is 9.45 Å². The van der Waals surface area contributed by atoms with Crippen LogP contribution in [0, 0.1) is 0 Å². The molecule has 1 amide bonds. The first kappa shape index (κ1) is 13.8. The topological polar surface area (TPSA) is 47.4 Å². The van der Waals surface area contributed by atoms with Gasteiger partial charge in [0.2, 0.25) is 0 Å². The first-order chi connectivity index (χ1) is 10.1. The summed E-state index contributed by atoms with van der Waals surface area (Å²) in [6, 6.07) is 11.0.